The number of amides is 1. The maximum Gasteiger partial charge on any atom is 0.219 e. The maximum atomic E-state index is 10.5. The zero-order valence-corrected chi connectivity index (χ0v) is 5.72. The van der Waals surface area contributed by atoms with Gasteiger partial charge >= 0.3 is 0 Å². The first-order valence-electron chi connectivity index (χ1n) is 2.99. The fourth-order valence-electron chi connectivity index (χ4n) is 0.999. The molecule has 0 spiro atoms. The van der Waals surface area contributed by atoms with Crippen molar-refractivity contribution in [3.05, 3.63) is 0 Å². The van der Waals surface area contributed by atoms with Gasteiger partial charge in [-0.1, -0.05) is 0 Å². The Morgan fingerprint density at radius 2 is 2.11 bits per heavy atom. The summed E-state index contributed by atoms with van der Waals surface area (Å²) in [5.41, 5.74) is -0.619. The normalized spacial score (nSPS) is 23.2. The second-order valence-corrected chi connectivity index (χ2v) is 2.87. The van der Waals surface area contributed by atoms with E-state index in [4.69, 9.17) is 5.11 Å². The number of aliphatic hydroxyl groups is 1. The van der Waals surface area contributed by atoms with E-state index in [1.807, 2.05) is 0 Å². The van der Waals surface area contributed by atoms with E-state index >= 15 is 0 Å². The molecule has 0 aromatic heterocycles. The van der Waals surface area contributed by atoms with Gasteiger partial charge in [-0.25, -0.2) is 0 Å². The molecular formula is C6H11NO2. The zero-order valence-electron chi connectivity index (χ0n) is 5.72. The van der Waals surface area contributed by atoms with Crippen molar-refractivity contribution in [2.45, 2.75) is 19.4 Å². The van der Waals surface area contributed by atoms with Crippen molar-refractivity contribution in [1.82, 2.24) is 4.90 Å². The van der Waals surface area contributed by atoms with E-state index < -0.39 is 5.60 Å². The summed E-state index contributed by atoms with van der Waals surface area (Å²) < 4.78 is 0. The van der Waals surface area contributed by atoms with Crippen LogP contribution in [0, 0.1) is 0 Å². The van der Waals surface area contributed by atoms with Crippen LogP contribution < -0.4 is 0 Å². The van der Waals surface area contributed by atoms with Gasteiger partial charge in [-0.05, 0) is 6.92 Å². The van der Waals surface area contributed by atoms with Gasteiger partial charge in [-0.2, -0.15) is 0 Å². The topological polar surface area (TPSA) is 40.5 Å². The number of hydrogen-bond donors (Lipinski definition) is 1. The average molecular weight is 129 g/mol. The van der Waals surface area contributed by atoms with E-state index in [1.165, 1.54) is 6.92 Å². The van der Waals surface area contributed by atoms with Crippen LogP contribution in [0.15, 0.2) is 0 Å². The van der Waals surface area contributed by atoms with E-state index in [1.54, 1.807) is 11.8 Å². The number of hydrogen-bond acceptors (Lipinski definition) is 2. The van der Waals surface area contributed by atoms with Crippen molar-refractivity contribution in [2.75, 3.05) is 13.1 Å². The highest BCUT2D eigenvalue weighted by Crippen LogP contribution is 2.18. The predicted octanol–water partition coefficient (Wildman–Crippen LogP) is -0.401. The zero-order chi connectivity index (χ0) is 7.07. The molecule has 1 aliphatic rings. The van der Waals surface area contributed by atoms with Gasteiger partial charge in [0.1, 0.15) is 0 Å². The summed E-state index contributed by atoms with van der Waals surface area (Å²) in [6, 6.07) is 0. The molecule has 1 heterocycles. The van der Waals surface area contributed by atoms with Crippen LogP contribution in [0.2, 0.25) is 0 Å². The minimum atomic E-state index is -0.619. The van der Waals surface area contributed by atoms with E-state index in [0.717, 1.165) is 0 Å². The lowest BCUT2D eigenvalue weighted by atomic mass is 9.97. The van der Waals surface area contributed by atoms with Crippen LogP contribution in [0.4, 0.5) is 0 Å². The number of nitrogens with zero attached hydrogens (tertiary/aromatic N) is 1. The van der Waals surface area contributed by atoms with Crippen LogP contribution >= 0.6 is 0 Å². The molecule has 0 aromatic carbocycles. The van der Waals surface area contributed by atoms with Gasteiger partial charge in [-0.3, -0.25) is 4.79 Å². The third-order valence-corrected chi connectivity index (χ3v) is 1.51. The average Bonchev–Trinajstić information content (AvgIpc) is 1.59. The molecule has 0 aliphatic carbocycles. The van der Waals surface area contributed by atoms with Gasteiger partial charge in [0.15, 0.2) is 0 Å². The Kier molecular flexibility index (Phi) is 1.24. The molecule has 1 fully saturated rings. The molecule has 1 saturated heterocycles. The molecule has 3 heteroatoms. The fourth-order valence-corrected chi connectivity index (χ4v) is 0.999. The molecule has 0 bridgehead atoms. The third-order valence-electron chi connectivity index (χ3n) is 1.51. The summed E-state index contributed by atoms with van der Waals surface area (Å²) in [7, 11) is 0. The van der Waals surface area contributed by atoms with Crippen LogP contribution in [0.3, 0.4) is 0 Å². The lowest BCUT2D eigenvalue weighted by Crippen LogP contribution is -2.61. The first kappa shape index (κ1) is 6.55. The monoisotopic (exact) mass is 129 g/mol. The summed E-state index contributed by atoms with van der Waals surface area (Å²) in [5.74, 6) is 0.0431. The molecule has 1 amide bonds. The molecule has 52 valence electrons. The summed E-state index contributed by atoms with van der Waals surface area (Å²) in [6.45, 7) is 4.21. The van der Waals surface area contributed by atoms with Gasteiger partial charge in [0.05, 0.1) is 18.7 Å². The predicted molar refractivity (Wildman–Crippen MR) is 32.9 cm³/mol. The highest BCUT2D eigenvalue weighted by atomic mass is 16.3. The Morgan fingerprint density at radius 1 is 1.67 bits per heavy atom. The van der Waals surface area contributed by atoms with Crippen LogP contribution in [0.5, 0.6) is 0 Å². The van der Waals surface area contributed by atoms with E-state index in [-0.39, 0.29) is 5.91 Å². The molecule has 9 heavy (non-hydrogen) atoms. The van der Waals surface area contributed by atoms with Crippen LogP contribution in [0.1, 0.15) is 13.8 Å². The lowest BCUT2D eigenvalue weighted by molar-refractivity contribution is -0.149. The summed E-state index contributed by atoms with van der Waals surface area (Å²) >= 11 is 0. The molecule has 1 rings (SSSR count). The van der Waals surface area contributed by atoms with E-state index in [0.29, 0.717) is 13.1 Å². The Morgan fingerprint density at radius 3 is 2.22 bits per heavy atom. The highest BCUT2D eigenvalue weighted by molar-refractivity contribution is 5.74. The quantitative estimate of drug-likeness (QED) is 0.483. The van der Waals surface area contributed by atoms with Crippen molar-refractivity contribution in [3.63, 3.8) is 0 Å². The molecule has 1 N–H and O–H groups in total. The lowest BCUT2D eigenvalue weighted by Gasteiger charge is -2.43. The number of carbonyl (C=O) groups excluding carboxylic acids is 1. The van der Waals surface area contributed by atoms with Gasteiger partial charge in [0.25, 0.3) is 0 Å². The summed E-state index contributed by atoms with van der Waals surface area (Å²) in [4.78, 5) is 12.1. The molecular weight excluding hydrogens is 118 g/mol. The van der Waals surface area contributed by atoms with E-state index in [9.17, 15) is 4.79 Å². The Bertz CT molecular complexity index is 134. The molecule has 0 aromatic rings. The Hall–Kier alpha value is -0.570. The van der Waals surface area contributed by atoms with Gasteiger partial charge < -0.3 is 10.0 Å². The van der Waals surface area contributed by atoms with Crippen LogP contribution in [-0.4, -0.2) is 34.6 Å². The van der Waals surface area contributed by atoms with Crippen molar-refractivity contribution in [3.8, 4) is 0 Å². The molecule has 0 saturated carbocycles. The van der Waals surface area contributed by atoms with Crippen LogP contribution in [0.25, 0.3) is 0 Å². The Labute approximate surface area is 54.3 Å². The summed E-state index contributed by atoms with van der Waals surface area (Å²) in [6.07, 6.45) is 0. The highest BCUT2D eigenvalue weighted by Gasteiger charge is 2.37. The molecule has 0 radical (unpaired) electrons. The van der Waals surface area contributed by atoms with Crippen molar-refractivity contribution < 1.29 is 9.90 Å². The molecule has 1 aliphatic heterocycles. The SMILES string of the molecule is CC(=O)N1CC(C)(O)C1. The summed E-state index contributed by atoms with van der Waals surface area (Å²) in [5, 5.41) is 9.14. The van der Waals surface area contributed by atoms with Gasteiger partial charge in [0.2, 0.25) is 5.91 Å². The van der Waals surface area contributed by atoms with Crippen LogP contribution in [-0.2, 0) is 4.79 Å². The fraction of sp³-hybridized carbons (Fsp3) is 0.833. The number of likely N-dealkylation sites (tertiary alicyclic amines) is 1. The third kappa shape index (κ3) is 1.21. The largest absolute Gasteiger partial charge is 0.386 e. The minimum Gasteiger partial charge on any atom is -0.386 e. The molecule has 0 unspecified atom stereocenters. The molecule has 3 nitrogen and oxygen atoms in total. The number of rotatable bonds is 0. The minimum absolute atomic E-state index is 0.0431. The number of β-amino-alcohol motifs (C(OH)–C–C–N with tert-alkyl or cyclic N) is 1. The van der Waals surface area contributed by atoms with Crippen molar-refractivity contribution in [1.29, 1.82) is 0 Å². The van der Waals surface area contributed by atoms with Crippen molar-refractivity contribution >= 4 is 5.91 Å². The van der Waals surface area contributed by atoms with Gasteiger partial charge in [-0.15, -0.1) is 0 Å². The van der Waals surface area contributed by atoms with E-state index in [2.05, 4.69) is 0 Å². The standard InChI is InChI=1S/C6H11NO2/c1-5(8)7-3-6(2,9)4-7/h9H,3-4H2,1-2H3. The first-order valence-corrected chi connectivity index (χ1v) is 2.99. The first-order chi connectivity index (χ1) is 4.01. The second-order valence-electron chi connectivity index (χ2n) is 2.87. The Balaban J connectivity index is 2.35. The second kappa shape index (κ2) is 1.70. The maximum absolute atomic E-state index is 10.5. The smallest absolute Gasteiger partial charge is 0.219 e. The van der Waals surface area contributed by atoms with Crippen molar-refractivity contribution in [2.24, 2.45) is 0 Å². The number of carbonyl (C=O) groups is 1. The van der Waals surface area contributed by atoms with Gasteiger partial charge in [0, 0.05) is 6.92 Å². The molecule has 0 atom stereocenters.